The number of hydrogen-bond acceptors (Lipinski definition) is 8. The molecule has 3 heterocycles. The van der Waals surface area contributed by atoms with Crippen molar-refractivity contribution in [2.45, 2.75) is 25.8 Å². The Kier molecular flexibility index (Phi) is 6.50. The van der Waals surface area contributed by atoms with Crippen molar-refractivity contribution in [3.05, 3.63) is 59.7 Å². The third kappa shape index (κ3) is 5.24. The maximum Gasteiger partial charge on any atom is 0.200 e. The lowest BCUT2D eigenvalue weighted by Gasteiger charge is -2.36. The number of nitrogens with zero attached hydrogens (tertiary/aromatic N) is 5. The number of aromatic nitrogens is 4. The summed E-state index contributed by atoms with van der Waals surface area (Å²) < 4.78 is 56.5. The van der Waals surface area contributed by atoms with Gasteiger partial charge in [0.2, 0.25) is 5.82 Å². The zero-order valence-electron chi connectivity index (χ0n) is 18.2. The summed E-state index contributed by atoms with van der Waals surface area (Å²) in [6.07, 6.45) is 6.84. The topological polar surface area (TPSA) is 98.2 Å². The standard InChI is InChI=1S/C22H23F2N5O3S/c1-14-16-13-27-22(21-25-6-3-7-26-21)28-18(16)5-8-29(14)15-11-17(23)20(24)19(12-15)32-9-4-10-33(2,30)31/h3,6-7,11-14H,4-5,8-10H2,1-2H3/t14-/m1/s1. The van der Waals surface area contributed by atoms with Crippen LogP contribution in [0.5, 0.6) is 5.75 Å². The van der Waals surface area contributed by atoms with Gasteiger partial charge in [0.05, 0.1) is 24.1 Å². The minimum Gasteiger partial charge on any atom is -0.490 e. The fourth-order valence-electron chi connectivity index (χ4n) is 3.76. The molecule has 4 rings (SSSR count). The van der Waals surface area contributed by atoms with Crippen LogP contribution in [0, 0.1) is 11.6 Å². The largest absolute Gasteiger partial charge is 0.490 e. The van der Waals surface area contributed by atoms with Gasteiger partial charge in [0.1, 0.15) is 9.84 Å². The maximum atomic E-state index is 14.3. The molecule has 1 atom stereocenters. The van der Waals surface area contributed by atoms with Gasteiger partial charge in [-0.1, -0.05) is 0 Å². The average Bonchev–Trinajstić information content (AvgIpc) is 2.79. The van der Waals surface area contributed by atoms with Crippen LogP contribution in [0.3, 0.4) is 0 Å². The van der Waals surface area contributed by atoms with Gasteiger partial charge in [-0.25, -0.2) is 32.7 Å². The third-order valence-electron chi connectivity index (χ3n) is 5.40. The maximum absolute atomic E-state index is 14.3. The Balaban J connectivity index is 1.55. The Morgan fingerprint density at radius 2 is 1.91 bits per heavy atom. The summed E-state index contributed by atoms with van der Waals surface area (Å²) in [4.78, 5) is 19.3. The van der Waals surface area contributed by atoms with Crippen molar-refractivity contribution in [1.82, 2.24) is 19.9 Å². The van der Waals surface area contributed by atoms with Crippen LogP contribution in [0.4, 0.5) is 14.5 Å². The van der Waals surface area contributed by atoms with Gasteiger partial charge in [0.15, 0.2) is 23.2 Å². The summed E-state index contributed by atoms with van der Waals surface area (Å²) in [5.41, 5.74) is 2.19. The molecule has 0 bridgehead atoms. The summed E-state index contributed by atoms with van der Waals surface area (Å²) in [5.74, 6) is -1.59. The first-order chi connectivity index (χ1) is 15.7. The van der Waals surface area contributed by atoms with Gasteiger partial charge in [-0.05, 0) is 19.4 Å². The van der Waals surface area contributed by atoms with E-state index in [9.17, 15) is 17.2 Å². The third-order valence-corrected chi connectivity index (χ3v) is 6.43. The lowest BCUT2D eigenvalue weighted by atomic mass is 9.98. The van der Waals surface area contributed by atoms with E-state index in [1.54, 1.807) is 24.7 Å². The van der Waals surface area contributed by atoms with E-state index < -0.39 is 21.5 Å². The molecular formula is C22H23F2N5O3S. The second kappa shape index (κ2) is 9.34. The highest BCUT2D eigenvalue weighted by molar-refractivity contribution is 7.90. The molecule has 8 nitrogen and oxygen atoms in total. The van der Waals surface area contributed by atoms with E-state index in [1.807, 2.05) is 11.8 Å². The van der Waals surface area contributed by atoms with Crippen LogP contribution >= 0.6 is 0 Å². The minimum atomic E-state index is -3.15. The lowest BCUT2D eigenvalue weighted by molar-refractivity contribution is 0.295. The highest BCUT2D eigenvalue weighted by Crippen LogP contribution is 2.36. The molecule has 174 valence electrons. The fourth-order valence-corrected chi connectivity index (χ4v) is 4.41. The Bertz CT molecular complexity index is 1260. The number of halogens is 2. The summed E-state index contributed by atoms with van der Waals surface area (Å²) in [6, 6.07) is 4.09. The molecule has 0 fully saturated rings. The summed E-state index contributed by atoms with van der Waals surface area (Å²) in [5, 5.41) is 0. The van der Waals surface area contributed by atoms with Crippen LogP contribution in [0.25, 0.3) is 11.6 Å². The highest BCUT2D eigenvalue weighted by atomic mass is 32.2. The first-order valence-corrected chi connectivity index (χ1v) is 12.5. The molecule has 33 heavy (non-hydrogen) atoms. The molecule has 1 aromatic carbocycles. The molecule has 3 aromatic rings. The summed E-state index contributed by atoms with van der Waals surface area (Å²) in [7, 11) is -3.15. The molecule has 0 radical (unpaired) electrons. The van der Waals surface area contributed by atoms with Gasteiger partial charge in [-0.15, -0.1) is 0 Å². The summed E-state index contributed by atoms with van der Waals surface area (Å²) in [6.45, 7) is 2.43. The van der Waals surface area contributed by atoms with E-state index in [1.165, 1.54) is 6.07 Å². The molecule has 0 spiro atoms. The van der Waals surface area contributed by atoms with E-state index in [0.717, 1.165) is 23.6 Å². The number of ether oxygens (including phenoxy) is 1. The fraction of sp³-hybridized carbons (Fsp3) is 0.364. The van der Waals surface area contributed by atoms with Gasteiger partial charge >= 0.3 is 0 Å². The minimum absolute atomic E-state index is 0.0382. The number of fused-ring (bicyclic) bond motifs is 1. The molecular weight excluding hydrogens is 452 g/mol. The van der Waals surface area contributed by atoms with Crippen LogP contribution in [-0.2, 0) is 16.3 Å². The molecule has 1 aliphatic rings. The molecule has 2 aromatic heterocycles. The van der Waals surface area contributed by atoms with Crippen LogP contribution in [-0.4, -0.2) is 53.5 Å². The molecule has 0 aliphatic carbocycles. The first-order valence-electron chi connectivity index (χ1n) is 10.4. The van der Waals surface area contributed by atoms with Gasteiger partial charge in [0.25, 0.3) is 0 Å². The van der Waals surface area contributed by atoms with Crippen molar-refractivity contribution >= 4 is 15.5 Å². The molecule has 0 unspecified atom stereocenters. The molecule has 0 saturated carbocycles. The quantitative estimate of drug-likeness (QED) is 0.481. The molecule has 11 heteroatoms. The van der Waals surface area contributed by atoms with Crippen molar-refractivity contribution in [2.24, 2.45) is 0 Å². The van der Waals surface area contributed by atoms with Crippen LogP contribution in [0.15, 0.2) is 36.8 Å². The van der Waals surface area contributed by atoms with Crippen molar-refractivity contribution < 1.29 is 21.9 Å². The normalized spacial score (nSPS) is 15.9. The Hall–Kier alpha value is -3.21. The zero-order valence-corrected chi connectivity index (χ0v) is 19.0. The molecule has 0 saturated heterocycles. The SMILES string of the molecule is C[C@@H]1c2cnc(-c3ncccn3)nc2CCN1c1cc(F)c(F)c(OCCCS(C)(=O)=O)c1. The highest BCUT2D eigenvalue weighted by Gasteiger charge is 2.28. The van der Waals surface area contributed by atoms with E-state index in [-0.39, 0.29) is 30.6 Å². The molecule has 0 N–H and O–H groups in total. The number of benzene rings is 1. The van der Waals surface area contributed by atoms with E-state index in [4.69, 9.17) is 4.74 Å². The summed E-state index contributed by atoms with van der Waals surface area (Å²) >= 11 is 0. The van der Waals surface area contributed by atoms with E-state index in [0.29, 0.717) is 30.3 Å². The Morgan fingerprint density at radius 3 is 2.64 bits per heavy atom. The average molecular weight is 476 g/mol. The predicted molar refractivity (Wildman–Crippen MR) is 119 cm³/mol. The van der Waals surface area contributed by atoms with Crippen molar-refractivity contribution in [2.75, 3.05) is 30.1 Å². The monoisotopic (exact) mass is 475 g/mol. The number of anilines is 1. The van der Waals surface area contributed by atoms with E-state index in [2.05, 4.69) is 19.9 Å². The van der Waals surface area contributed by atoms with Crippen molar-refractivity contribution in [1.29, 1.82) is 0 Å². The van der Waals surface area contributed by atoms with Gasteiger partial charge < -0.3 is 9.64 Å². The van der Waals surface area contributed by atoms with Crippen molar-refractivity contribution in [3.8, 4) is 17.4 Å². The second-order valence-electron chi connectivity index (χ2n) is 7.86. The van der Waals surface area contributed by atoms with Gasteiger partial charge in [-0.3, -0.25) is 0 Å². The first kappa shape index (κ1) is 23.0. The van der Waals surface area contributed by atoms with E-state index >= 15 is 0 Å². The molecule has 0 amide bonds. The van der Waals surface area contributed by atoms with Crippen molar-refractivity contribution in [3.63, 3.8) is 0 Å². The predicted octanol–water partition coefficient (Wildman–Crippen LogP) is 3.15. The second-order valence-corrected chi connectivity index (χ2v) is 10.1. The number of sulfone groups is 1. The Labute approximate surface area is 190 Å². The van der Waals surface area contributed by atoms with Gasteiger partial charge in [-0.2, -0.15) is 4.39 Å². The number of rotatable bonds is 7. The molecule has 1 aliphatic heterocycles. The van der Waals surface area contributed by atoms with Crippen LogP contribution < -0.4 is 9.64 Å². The lowest BCUT2D eigenvalue weighted by Crippen LogP contribution is -2.35. The number of hydrogen-bond donors (Lipinski definition) is 0. The smallest absolute Gasteiger partial charge is 0.200 e. The Morgan fingerprint density at radius 1 is 1.15 bits per heavy atom. The van der Waals surface area contributed by atoms with Crippen LogP contribution in [0.1, 0.15) is 30.6 Å². The van der Waals surface area contributed by atoms with Crippen LogP contribution in [0.2, 0.25) is 0 Å². The van der Waals surface area contributed by atoms with Gasteiger partial charge in [0, 0.05) is 61.2 Å². The zero-order chi connectivity index (χ0) is 23.6.